The summed E-state index contributed by atoms with van der Waals surface area (Å²) >= 11 is 0. The lowest BCUT2D eigenvalue weighted by Crippen LogP contribution is -2.22. The number of hydrogen-bond donors (Lipinski definition) is 0. The fourth-order valence-corrected chi connectivity index (χ4v) is 3.41. The fraction of sp³-hybridized carbons (Fsp3) is 0.120. The topological polar surface area (TPSA) is 27.7 Å². The predicted octanol–water partition coefficient (Wildman–Crippen LogP) is 5.68. The van der Waals surface area contributed by atoms with Crippen LogP contribution in [0.1, 0.15) is 16.7 Å². The number of para-hydroxylation sites is 1. The Labute approximate surface area is 165 Å². The van der Waals surface area contributed by atoms with Crippen molar-refractivity contribution in [2.24, 2.45) is 0 Å². The van der Waals surface area contributed by atoms with Crippen LogP contribution in [0.15, 0.2) is 84.9 Å². The Balaban J connectivity index is 1.77. The largest absolute Gasteiger partial charge is 0.497 e. The number of benzene rings is 3. The molecule has 4 rings (SSSR count). The number of ether oxygens (including phenoxy) is 3. The monoisotopic (exact) mass is 370 g/mol. The van der Waals surface area contributed by atoms with Gasteiger partial charge in [0.2, 0.25) is 0 Å². The number of methoxy groups -OCH3 is 2. The second-order valence-corrected chi connectivity index (χ2v) is 6.48. The molecule has 3 nitrogen and oxygen atoms in total. The highest BCUT2D eigenvalue weighted by atomic mass is 16.5. The van der Waals surface area contributed by atoms with Gasteiger partial charge in [-0.15, -0.1) is 0 Å². The molecule has 0 saturated carbocycles. The van der Waals surface area contributed by atoms with Gasteiger partial charge in [0.15, 0.2) is 0 Å². The molecule has 1 heterocycles. The molecule has 0 aromatic heterocycles. The Kier molecular flexibility index (Phi) is 5.16. The van der Waals surface area contributed by atoms with Crippen molar-refractivity contribution in [3.05, 3.63) is 102 Å². The van der Waals surface area contributed by atoms with E-state index in [4.69, 9.17) is 14.2 Å². The van der Waals surface area contributed by atoms with Crippen molar-refractivity contribution in [1.29, 1.82) is 0 Å². The van der Waals surface area contributed by atoms with E-state index in [0.29, 0.717) is 0 Å². The molecule has 0 bridgehead atoms. The molecule has 1 unspecified atom stereocenters. The fourth-order valence-electron chi connectivity index (χ4n) is 3.41. The van der Waals surface area contributed by atoms with E-state index >= 15 is 0 Å². The highest BCUT2D eigenvalue weighted by Gasteiger charge is 2.28. The number of rotatable bonds is 5. The molecule has 0 fully saturated rings. The lowest BCUT2D eigenvalue weighted by molar-refractivity contribution is 0.284. The summed E-state index contributed by atoms with van der Waals surface area (Å²) in [4.78, 5) is 0. The summed E-state index contributed by atoms with van der Waals surface area (Å²) in [5.41, 5.74) is 4.15. The maximum atomic E-state index is 6.35. The highest BCUT2D eigenvalue weighted by Crippen LogP contribution is 2.41. The number of fused-ring (bicyclic) bond motifs is 1. The quantitative estimate of drug-likeness (QED) is 0.578. The van der Waals surface area contributed by atoms with E-state index in [-0.39, 0.29) is 6.10 Å². The average molecular weight is 370 g/mol. The molecule has 0 saturated heterocycles. The second kappa shape index (κ2) is 8.05. The summed E-state index contributed by atoms with van der Waals surface area (Å²) < 4.78 is 17.4. The first-order valence-corrected chi connectivity index (χ1v) is 9.22. The minimum Gasteiger partial charge on any atom is -0.497 e. The molecule has 0 radical (unpaired) electrons. The standard InChI is InChI=1S/C25H22O3/c1-26-20-15-12-18(13-16-20)14-17-23-24(19-8-4-3-5-9-19)25(27-2)21-10-6-7-11-22(21)28-23/h3-17,23H,1-2H3. The summed E-state index contributed by atoms with van der Waals surface area (Å²) in [6.07, 6.45) is 3.88. The lowest BCUT2D eigenvalue weighted by atomic mass is 9.92. The molecule has 0 spiro atoms. The molecule has 3 aromatic rings. The summed E-state index contributed by atoms with van der Waals surface area (Å²) in [5.74, 6) is 2.51. The summed E-state index contributed by atoms with van der Waals surface area (Å²) in [5, 5.41) is 0. The second-order valence-electron chi connectivity index (χ2n) is 6.48. The summed E-state index contributed by atoms with van der Waals surface area (Å²) in [7, 11) is 3.38. The average Bonchev–Trinajstić information content (AvgIpc) is 2.77. The summed E-state index contributed by atoms with van der Waals surface area (Å²) in [6, 6.07) is 26.2. The molecule has 1 aliphatic rings. The van der Waals surface area contributed by atoms with Crippen LogP contribution in [0.4, 0.5) is 0 Å². The van der Waals surface area contributed by atoms with Crippen molar-refractivity contribution in [2.45, 2.75) is 6.10 Å². The lowest BCUT2D eigenvalue weighted by Gasteiger charge is -2.29. The molecule has 0 aliphatic carbocycles. The van der Waals surface area contributed by atoms with Crippen molar-refractivity contribution in [1.82, 2.24) is 0 Å². The van der Waals surface area contributed by atoms with E-state index in [1.54, 1.807) is 14.2 Å². The van der Waals surface area contributed by atoms with Crippen molar-refractivity contribution < 1.29 is 14.2 Å². The maximum absolute atomic E-state index is 6.35. The number of hydrogen-bond acceptors (Lipinski definition) is 3. The third kappa shape index (κ3) is 3.52. The van der Waals surface area contributed by atoms with Crippen LogP contribution in [0, 0.1) is 0 Å². The Bertz CT molecular complexity index is 1000. The zero-order valence-electron chi connectivity index (χ0n) is 16.0. The van der Waals surface area contributed by atoms with Crippen LogP contribution in [0.25, 0.3) is 17.4 Å². The van der Waals surface area contributed by atoms with Crippen LogP contribution in [0.3, 0.4) is 0 Å². The van der Waals surface area contributed by atoms with E-state index in [1.165, 1.54) is 0 Å². The minimum atomic E-state index is -0.255. The van der Waals surface area contributed by atoms with Crippen molar-refractivity contribution in [3.8, 4) is 11.5 Å². The molecule has 1 atom stereocenters. The van der Waals surface area contributed by atoms with Gasteiger partial charge in [0, 0.05) is 5.57 Å². The van der Waals surface area contributed by atoms with Crippen LogP contribution < -0.4 is 9.47 Å². The minimum absolute atomic E-state index is 0.255. The smallest absolute Gasteiger partial charge is 0.146 e. The molecular weight excluding hydrogens is 348 g/mol. The Morgan fingerprint density at radius 1 is 0.786 bits per heavy atom. The predicted molar refractivity (Wildman–Crippen MR) is 113 cm³/mol. The van der Waals surface area contributed by atoms with Crippen LogP contribution in [-0.4, -0.2) is 20.3 Å². The molecule has 28 heavy (non-hydrogen) atoms. The Morgan fingerprint density at radius 3 is 2.21 bits per heavy atom. The molecule has 3 aromatic carbocycles. The summed E-state index contributed by atoms with van der Waals surface area (Å²) in [6.45, 7) is 0. The van der Waals surface area contributed by atoms with Crippen LogP contribution in [0.2, 0.25) is 0 Å². The van der Waals surface area contributed by atoms with Crippen LogP contribution in [0.5, 0.6) is 11.5 Å². The van der Waals surface area contributed by atoms with E-state index in [9.17, 15) is 0 Å². The zero-order chi connectivity index (χ0) is 19.3. The van der Waals surface area contributed by atoms with Gasteiger partial charge in [-0.3, -0.25) is 0 Å². The molecular formula is C25H22O3. The van der Waals surface area contributed by atoms with Gasteiger partial charge in [0.25, 0.3) is 0 Å². The van der Waals surface area contributed by atoms with E-state index in [2.05, 4.69) is 24.3 Å². The van der Waals surface area contributed by atoms with Crippen molar-refractivity contribution >= 4 is 17.4 Å². The van der Waals surface area contributed by atoms with Gasteiger partial charge in [0.1, 0.15) is 23.4 Å². The first kappa shape index (κ1) is 17.9. The van der Waals surface area contributed by atoms with Gasteiger partial charge in [-0.2, -0.15) is 0 Å². The zero-order valence-corrected chi connectivity index (χ0v) is 16.0. The van der Waals surface area contributed by atoms with Gasteiger partial charge >= 0.3 is 0 Å². The third-order valence-electron chi connectivity index (χ3n) is 4.78. The molecule has 0 amide bonds. The van der Waals surface area contributed by atoms with Gasteiger partial charge in [0.05, 0.1) is 19.8 Å². The normalized spacial score (nSPS) is 15.9. The van der Waals surface area contributed by atoms with Gasteiger partial charge < -0.3 is 14.2 Å². The van der Waals surface area contributed by atoms with E-state index < -0.39 is 0 Å². The molecule has 3 heteroatoms. The first-order chi connectivity index (χ1) is 13.8. The van der Waals surface area contributed by atoms with Crippen molar-refractivity contribution in [2.75, 3.05) is 14.2 Å². The van der Waals surface area contributed by atoms with Gasteiger partial charge in [-0.1, -0.05) is 60.7 Å². The molecule has 0 N–H and O–H groups in total. The molecule has 1 aliphatic heterocycles. The van der Waals surface area contributed by atoms with Crippen molar-refractivity contribution in [3.63, 3.8) is 0 Å². The first-order valence-electron chi connectivity index (χ1n) is 9.22. The Morgan fingerprint density at radius 2 is 1.50 bits per heavy atom. The maximum Gasteiger partial charge on any atom is 0.146 e. The van der Waals surface area contributed by atoms with E-state index in [0.717, 1.165) is 39.5 Å². The van der Waals surface area contributed by atoms with Crippen LogP contribution >= 0.6 is 0 Å². The Hall–Kier alpha value is -3.46. The SMILES string of the molecule is COC1=C(c2ccccc2)C(C=Cc2ccc(OC)cc2)Oc2ccccc21. The van der Waals surface area contributed by atoms with Gasteiger partial charge in [-0.05, 0) is 41.5 Å². The highest BCUT2D eigenvalue weighted by molar-refractivity contribution is 5.94. The third-order valence-corrected chi connectivity index (χ3v) is 4.78. The molecule has 140 valence electrons. The van der Waals surface area contributed by atoms with E-state index in [1.807, 2.05) is 66.7 Å². The van der Waals surface area contributed by atoms with Crippen LogP contribution in [-0.2, 0) is 4.74 Å². The van der Waals surface area contributed by atoms with Gasteiger partial charge in [-0.25, -0.2) is 0 Å².